The molecule has 5 heteroatoms. The SMILES string of the molecule is [C-]#[N+]c1nn2c(c1Br)N(C)C(C)(C)c1ccccc1-2. The molecule has 1 aromatic carbocycles. The van der Waals surface area contributed by atoms with E-state index in [-0.39, 0.29) is 5.54 Å². The van der Waals surface area contributed by atoms with Crippen LogP contribution in [0.2, 0.25) is 0 Å². The van der Waals surface area contributed by atoms with E-state index in [1.165, 1.54) is 5.56 Å². The van der Waals surface area contributed by atoms with E-state index in [0.717, 1.165) is 16.0 Å². The number of aromatic nitrogens is 2. The van der Waals surface area contributed by atoms with Crippen LogP contribution in [0.15, 0.2) is 28.7 Å². The minimum absolute atomic E-state index is 0.144. The Labute approximate surface area is 120 Å². The number of para-hydroxylation sites is 1. The van der Waals surface area contributed by atoms with Crippen LogP contribution in [0.5, 0.6) is 0 Å². The number of fused-ring (bicyclic) bond motifs is 3. The molecule has 0 unspecified atom stereocenters. The van der Waals surface area contributed by atoms with Gasteiger partial charge in [-0.1, -0.05) is 40.7 Å². The molecule has 0 spiro atoms. The van der Waals surface area contributed by atoms with Crippen LogP contribution >= 0.6 is 15.9 Å². The van der Waals surface area contributed by atoms with E-state index in [2.05, 4.69) is 50.7 Å². The average Bonchev–Trinajstić information content (AvgIpc) is 2.74. The summed E-state index contributed by atoms with van der Waals surface area (Å²) in [6.07, 6.45) is 0. The minimum Gasteiger partial charge on any atom is -0.358 e. The molecule has 1 aliphatic rings. The Bertz CT molecular complexity index is 709. The summed E-state index contributed by atoms with van der Waals surface area (Å²) in [7, 11) is 2.03. The largest absolute Gasteiger partial charge is 0.358 e. The number of hydrogen-bond acceptors (Lipinski definition) is 2. The summed E-state index contributed by atoms with van der Waals surface area (Å²) in [5, 5.41) is 4.40. The van der Waals surface area contributed by atoms with Gasteiger partial charge in [-0.2, -0.15) is 0 Å². The van der Waals surface area contributed by atoms with E-state index in [4.69, 9.17) is 6.57 Å². The maximum Gasteiger partial charge on any atom is 0.312 e. The second-order valence-electron chi connectivity index (χ2n) is 5.12. The molecule has 3 rings (SSSR count). The summed E-state index contributed by atoms with van der Waals surface area (Å²) in [6, 6.07) is 8.19. The molecule has 4 nitrogen and oxygen atoms in total. The van der Waals surface area contributed by atoms with E-state index < -0.39 is 0 Å². The van der Waals surface area contributed by atoms with Gasteiger partial charge in [0.2, 0.25) is 0 Å². The van der Waals surface area contributed by atoms with Gasteiger partial charge in [0.1, 0.15) is 0 Å². The molecule has 0 bridgehead atoms. The van der Waals surface area contributed by atoms with Crippen LogP contribution in [0.3, 0.4) is 0 Å². The quantitative estimate of drug-likeness (QED) is 0.689. The van der Waals surface area contributed by atoms with Gasteiger partial charge >= 0.3 is 5.82 Å². The molecule has 0 amide bonds. The molecule has 0 fully saturated rings. The van der Waals surface area contributed by atoms with Crippen LogP contribution in [-0.4, -0.2) is 16.8 Å². The number of nitrogens with zero attached hydrogens (tertiary/aromatic N) is 4. The van der Waals surface area contributed by atoms with Gasteiger partial charge in [-0.05, 0) is 25.0 Å². The zero-order chi connectivity index (χ0) is 13.8. The summed E-state index contributed by atoms with van der Waals surface area (Å²) >= 11 is 3.50. The molecule has 96 valence electrons. The fourth-order valence-electron chi connectivity index (χ4n) is 2.53. The average molecular weight is 317 g/mol. The third kappa shape index (κ3) is 1.47. The zero-order valence-corrected chi connectivity index (χ0v) is 12.6. The molecule has 0 saturated heterocycles. The van der Waals surface area contributed by atoms with Gasteiger partial charge in [-0.3, -0.25) is 0 Å². The van der Waals surface area contributed by atoms with Gasteiger partial charge in [0, 0.05) is 12.6 Å². The van der Waals surface area contributed by atoms with Crippen LogP contribution in [0, 0.1) is 6.57 Å². The molecule has 2 aromatic rings. The zero-order valence-electron chi connectivity index (χ0n) is 11.0. The third-order valence-electron chi connectivity index (χ3n) is 3.84. The highest BCUT2D eigenvalue weighted by Crippen LogP contribution is 2.46. The maximum absolute atomic E-state index is 7.21. The predicted octanol–water partition coefficient (Wildman–Crippen LogP) is 3.87. The highest BCUT2D eigenvalue weighted by Gasteiger charge is 2.39. The summed E-state index contributed by atoms with van der Waals surface area (Å²) in [5.41, 5.74) is 2.10. The fourth-order valence-corrected chi connectivity index (χ4v) is 3.13. The first kappa shape index (κ1) is 12.2. The number of benzene rings is 1. The summed E-state index contributed by atoms with van der Waals surface area (Å²) in [6.45, 7) is 11.6. The van der Waals surface area contributed by atoms with Crippen LogP contribution in [-0.2, 0) is 5.54 Å². The summed E-state index contributed by atoms with van der Waals surface area (Å²) in [4.78, 5) is 5.63. The Hall–Kier alpha value is -1.80. The molecule has 19 heavy (non-hydrogen) atoms. The van der Waals surface area contributed by atoms with Crippen molar-refractivity contribution in [2.24, 2.45) is 0 Å². The molecular weight excluding hydrogens is 304 g/mol. The van der Waals surface area contributed by atoms with Crippen LogP contribution in [0.25, 0.3) is 10.5 Å². The lowest BCUT2D eigenvalue weighted by Crippen LogP contribution is -2.43. The lowest BCUT2D eigenvalue weighted by Gasteiger charge is -2.42. The number of rotatable bonds is 0. The van der Waals surface area contributed by atoms with E-state index >= 15 is 0 Å². The fraction of sp³-hybridized carbons (Fsp3) is 0.286. The van der Waals surface area contributed by atoms with Crippen molar-refractivity contribution in [1.82, 2.24) is 9.78 Å². The lowest BCUT2D eigenvalue weighted by atomic mass is 9.89. The monoisotopic (exact) mass is 316 g/mol. The Morgan fingerprint density at radius 1 is 1.32 bits per heavy atom. The van der Waals surface area contributed by atoms with Crippen LogP contribution in [0.4, 0.5) is 11.6 Å². The topological polar surface area (TPSA) is 25.4 Å². The Balaban J connectivity index is 2.41. The first-order valence-electron chi connectivity index (χ1n) is 5.98. The first-order valence-corrected chi connectivity index (χ1v) is 6.77. The smallest absolute Gasteiger partial charge is 0.312 e. The van der Waals surface area contributed by atoms with E-state index in [1.54, 1.807) is 0 Å². The Morgan fingerprint density at radius 2 is 2.00 bits per heavy atom. The van der Waals surface area contributed by atoms with Gasteiger partial charge in [-0.25, -0.2) is 0 Å². The van der Waals surface area contributed by atoms with Gasteiger partial charge in [0.15, 0.2) is 5.82 Å². The minimum atomic E-state index is -0.144. The van der Waals surface area contributed by atoms with Gasteiger partial charge in [0.25, 0.3) is 0 Å². The standard InChI is InChI=1S/C14H13BrN4/c1-14(2)9-7-5-6-8-10(9)19-13(18(14)4)11(15)12(16-3)17-19/h5-8H,1-2,4H3. The molecule has 2 heterocycles. The van der Waals surface area contributed by atoms with Crippen molar-refractivity contribution < 1.29 is 0 Å². The van der Waals surface area contributed by atoms with E-state index in [1.807, 2.05) is 29.9 Å². The molecule has 0 saturated carbocycles. The molecule has 0 N–H and O–H groups in total. The molecule has 0 atom stereocenters. The van der Waals surface area contributed by atoms with Gasteiger partial charge in [-0.15, -0.1) is 4.68 Å². The summed E-state index contributed by atoms with van der Waals surface area (Å²) in [5.74, 6) is 1.32. The van der Waals surface area contributed by atoms with Crippen LogP contribution in [0.1, 0.15) is 19.4 Å². The van der Waals surface area contributed by atoms with Crippen molar-refractivity contribution >= 4 is 27.6 Å². The summed E-state index contributed by atoms with van der Waals surface area (Å²) < 4.78 is 2.60. The molecular formula is C14H13BrN4. The Morgan fingerprint density at radius 3 is 2.68 bits per heavy atom. The van der Waals surface area contributed by atoms with E-state index in [0.29, 0.717) is 5.82 Å². The highest BCUT2D eigenvalue weighted by molar-refractivity contribution is 9.10. The molecule has 0 aliphatic carbocycles. The van der Waals surface area contributed by atoms with Crippen molar-refractivity contribution in [3.05, 3.63) is 45.7 Å². The molecule has 1 aliphatic heterocycles. The lowest BCUT2D eigenvalue weighted by molar-refractivity contribution is 0.483. The second kappa shape index (κ2) is 3.84. The van der Waals surface area contributed by atoms with Gasteiger partial charge in [0.05, 0.1) is 15.7 Å². The first-order chi connectivity index (χ1) is 8.98. The van der Waals surface area contributed by atoms with Crippen molar-refractivity contribution in [3.8, 4) is 5.69 Å². The van der Waals surface area contributed by atoms with E-state index in [9.17, 15) is 0 Å². The highest BCUT2D eigenvalue weighted by atomic mass is 79.9. The normalized spacial score (nSPS) is 15.6. The number of hydrogen-bond donors (Lipinski definition) is 0. The number of halogens is 1. The van der Waals surface area contributed by atoms with Crippen molar-refractivity contribution in [2.75, 3.05) is 11.9 Å². The van der Waals surface area contributed by atoms with Crippen molar-refractivity contribution in [1.29, 1.82) is 0 Å². The van der Waals surface area contributed by atoms with Crippen LogP contribution < -0.4 is 4.90 Å². The predicted molar refractivity (Wildman–Crippen MR) is 79.0 cm³/mol. The van der Waals surface area contributed by atoms with Crippen molar-refractivity contribution in [3.63, 3.8) is 0 Å². The number of anilines is 1. The molecule has 0 radical (unpaired) electrons. The maximum atomic E-state index is 7.21. The third-order valence-corrected chi connectivity index (χ3v) is 4.55. The second-order valence-corrected chi connectivity index (χ2v) is 5.91. The Kier molecular flexibility index (Phi) is 2.48. The van der Waals surface area contributed by atoms with Gasteiger partial charge < -0.3 is 9.74 Å². The van der Waals surface area contributed by atoms with Crippen molar-refractivity contribution in [2.45, 2.75) is 19.4 Å². The molecule has 1 aromatic heterocycles.